The summed E-state index contributed by atoms with van der Waals surface area (Å²) in [7, 11) is 3.07. The van der Waals surface area contributed by atoms with Gasteiger partial charge in [0, 0.05) is 5.69 Å². The van der Waals surface area contributed by atoms with Gasteiger partial charge in [-0.05, 0) is 29.8 Å². The summed E-state index contributed by atoms with van der Waals surface area (Å²) >= 11 is 11.6. The fourth-order valence-corrected chi connectivity index (χ4v) is 2.51. The van der Waals surface area contributed by atoms with Crippen LogP contribution < -0.4 is 14.8 Å². The van der Waals surface area contributed by atoms with Crippen molar-refractivity contribution in [3.8, 4) is 17.2 Å². The number of anilines is 1. The number of hydrogen-bond donors (Lipinski definition) is 2. The largest absolute Gasteiger partial charge is 0.505 e. The normalized spacial score (nSPS) is 10.3. The molecule has 0 atom stereocenters. The molecule has 2 aromatic rings. The molecule has 0 aliphatic heterocycles. The SMILES string of the molecule is COc1ccc(CC(=O)Nc2cc(Cl)c(O)c(Cl)c2)cc1OC. The monoisotopic (exact) mass is 355 g/mol. The highest BCUT2D eigenvalue weighted by molar-refractivity contribution is 6.37. The van der Waals surface area contributed by atoms with Gasteiger partial charge in [-0.25, -0.2) is 0 Å². The summed E-state index contributed by atoms with van der Waals surface area (Å²) < 4.78 is 10.4. The van der Waals surface area contributed by atoms with Gasteiger partial charge in [0.05, 0.1) is 30.7 Å². The fourth-order valence-electron chi connectivity index (χ4n) is 2.02. The predicted molar refractivity (Wildman–Crippen MR) is 90.0 cm³/mol. The predicted octanol–water partition coefficient (Wildman–Crippen LogP) is 3.90. The number of nitrogens with one attached hydrogen (secondary N) is 1. The van der Waals surface area contributed by atoms with Gasteiger partial charge in [0.25, 0.3) is 0 Å². The number of methoxy groups -OCH3 is 2. The molecule has 0 unspecified atom stereocenters. The lowest BCUT2D eigenvalue weighted by molar-refractivity contribution is -0.115. The first kappa shape index (κ1) is 17.2. The van der Waals surface area contributed by atoms with Crippen LogP contribution in [0.5, 0.6) is 17.2 Å². The number of carbonyl (C=O) groups is 1. The highest BCUT2D eigenvalue weighted by Gasteiger charge is 2.11. The van der Waals surface area contributed by atoms with Crippen molar-refractivity contribution in [2.24, 2.45) is 0 Å². The van der Waals surface area contributed by atoms with Crippen LogP contribution in [-0.2, 0) is 11.2 Å². The summed E-state index contributed by atoms with van der Waals surface area (Å²) in [5, 5.41) is 12.3. The molecule has 0 spiro atoms. The first-order valence-electron chi connectivity index (χ1n) is 6.63. The Bertz CT molecular complexity index is 711. The van der Waals surface area contributed by atoms with Gasteiger partial charge >= 0.3 is 0 Å². The standard InChI is InChI=1S/C16H15Cl2NO4/c1-22-13-4-3-9(5-14(13)23-2)6-15(20)19-10-7-11(17)16(21)12(18)8-10/h3-5,7-8,21H,6H2,1-2H3,(H,19,20). The number of carbonyl (C=O) groups excluding carboxylic acids is 1. The molecular weight excluding hydrogens is 341 g/mol. The summed E-state index contributed by atoms with van der Waals surface area (Å²) in [5.74, 6) is 0.670. The van der Waals surface area contributed by atoms with Crippen LogP contribution in [0.15, 0.2) is 30.3 Å². The third-order valence-electron chi connectivity index (χ3n) is 3.11. The van der Waals surface area contributed by atoms with Gasteiger partial charge in [-0.15, -0.1) is 0 Å². The van der Waals surface area contributed by atoms with E-state index in [1.165, 1.54) is 19.2 Å². The van der Waals surface area contributed by atoms with E-state index in [1.54, 1.807) is 25.3 Å². The Morgan fingerprint density at radius 1 is 1.09 bits per heavy atom. The number of benzene rings is 2. The molecule has 0 fully saturated rings. The fraction of sp³-hybridized carbons (Fsp3) is 0.188. The number of ether oxygens (including phenoxy) is 2. The molecular formula is C16H15Cl2NO4. The molecule has 0 bridgehead atoms. The molecule has 2 aromatic carbocycles. The average Bonchev–Trinajstić information content (AvgIpc) is 2.52. The molecule has 2 rings (SSSR count). The minimum Gasteiger partial charge on any atom is -0.505 e. The zero-order valence-electron chi connectivity index (χ0n) is 12.5. The Morgan fingerprint density at radius 3 is 2.26 bits per heavy atom. The molecule has 0 aromatic heterocycles. The Hall–Kier alpha value is -2.11. The Morgan fingerprint density at radius 2 is 1.70 bits per heavy atom. The second-order valence-electron chi connectivity index (χ2n) is 4.70. The molecule has 0 saturated heterocycles. The van der Waals surface area contributed by atoms with Crippen LogP contribution in [0.1, 0.15) is 5.56 Å². The van der Waals surface area contributed by atoms with Crippen LogP contribution in [0.2, 0.25) is 10.0 Å². The number of phenols is 1. The van der Waals surface area contributed by atoms with E-state index in [4.69, 9.17) is 32.7 Å². The highest BCUT2D eigenvalue weighted by atomic mass is 35.5. The first-order chi connectivity index (χ1) is 10.9. The first-order valence-corrected chi connectivity index (χ1v) is 7.39. The van der Waals surface area contributed by atoms with E-state index < -0.39 is 0 Å². The van der Waals surface area contributed by atoms with E-state index in [0.29, 0.717) is 17.2 Å². The lowest BCUT2D eigenvalue weighted by Crippen LogP contribution is -2.14. The van der Waals surface area contributed by atoms with Crippen molar-refractivity contribution in [2.45, 2.75) is 6.42 Å². The topological polar surface area (TPSA) is 67.8 Å². The zero-order valence-corrected chi connectivity index (χ0v) is 14.0. The number of aromatic hydroxyl groups is 1. The van der Waals surface area contributed by atoms with Crippen molar-refractivity contribution >= 4 is 34.8 Å². The highest BCUT2D eigenvalue weighted by Crippen LogP contribution is 2.34. The van der Waals surface area contributed by atoms with Crippen molar-refractivity contribution in [3.63, 3.8) is 0 Å². The maximum absolute atomic E-state index is 12.1. The van der Waals surface area contributed by atoms with E-state index in [1.807, 2.05) is 0 Å². The number of halogens is 2. The number of amides is 1. The van der Waals surface area contributed by atoms with Gasteiger partial charge in [-0.1, -0.05) is 29.3 Å². The molecule has 0 aliphatic rings. The maximum atomic E-state index is 12.1. The summed E-state index contributed by atoms with van der Waals surface area (Å²) in [4.78, 5) is 12.1. The third-order valence-corrected chi connectivity index (χ3v) is 3.69. The van der Waals surface area contributed by atoms with Gasteiger partial charge in [-0.2, -0.15) is 0 Å². The molecule has 2 N–H and O–H groups in total. The Balaban J connectivity index is 2.11. The smallest absolute Gasteiger partial charge is 0.228 e. The lowest BCUT2D eigenvalue weighted by Gasteiger charge is -2.10. The molecule has 0 saturated carbocycles. The van der Waals surface area contributed by atoms with E-state index in [-0.39, 0.29) is 28.1 Å². The van der Waals surface area contributed by atoms with Crippen LogP contribution in [0.4, 0.5) is 5.69 Å². The van der Waals surface area contributed by atoms with E-state index in [9.17, 15) is 9.90 Å². The van der Waals surface area contributed by atoms with Crippen LogP contribution in [0, 0.1) is 0 Å². The van der Waals surface area contributed by atoms with Crippen molar-refractivity contribution in [1.29, 1.82) is 0 Å². The Kier molecular flexibility index (Phi) is 5.58. The van der Waals surface area contributed by atoms with Gasteiger partial charge < -0.3 is 19.9 Å². The molecule has 7 heteroatoms. The minimum atomic E-state index is -0.255. The molecule has 23 heavy (non-hydrogen) atoms. The molecule has 1 amide bonds. The van der Waals surface area contributed by atoms with Gasteiger partial charge in [-0.3, -0.25) is 4.79 Å². The second-order valence-corrected chi connectivity index (χ2v) is 5.52. The van der Waals surface area contributed by atoms with Crippen LogP contribution in [0.3, 0.4) is 0 Å². The van der Waals surface area contributed by atoms with Gasteiger partial charge in [0.15, 0.2) is 17.2 Å². The summed E-state index contributed by atoms with van der Waals surface area (Å²) in [6.07, 6.45) is 0.135. The number of rotatable bonds is 5. The number of hydrogen-bond acceptors (Lipinski definition) is 4. The van der Waals surface area contributed by atoms with Crippen molar-refractivity contribution in [3.05, 3.63) is 45.9 Å². The van der Waals surface area contributed by atoms with Crippen LogP contribution >= 0.6 is 23.2 Å². The van der Waals surface area contributed by atoms with Crippen molar-refractivity contribution < 1.29 is 19.4 Å². The summed E-state index contributed by atoms with van der Waals surface area (Å²) in [5.41, 5.74) is 1.17. The van der Waals surface area contributed by atoms with Crippen molar-refractivity contribution in [2.75, 3.05) is 19.5 Å². The van der Waals surface area contributed by atoms with Crippen LogP contribution in [0.25, 0.3) is 0 Å². The van der Waals surface area contributed by atoms with E-state index in [0.717, 1.165) is 5.56 Å². The second kappa shape index (κ2) is 7.44. The molecule has 0 heterocycles. The maximum Gasteiger partial charge on any atom is 0.228 e. The van der Waals surface area contributed by atoms with Crippen LogP contribution in [-0.4, -0.2) is 25.2 Å². The summed E-state index contributed by atoms with van der Waals surface area (Å²) in [6.45, 7) is 0. The Labute approximate surface area is 143 Å². The van der Waals surface area contributed by atoms with Crippen molar-refractivity contribution in [1.82, 2.24) is 0 Å². The van der Waals surface area contributed by atoms with E-state index in [2.05, 4.69) is 5.32 Å². The lowest BCUT2D eigenvalue weighted by atomic mass is 10.1. The minimum absolute atomic E-state index is 0.0684. The molecule has 122 valence electrons. The van der Waals surface area contributed by atoms with Gasteiger partial charge in [0.2, 0.25) is 5.91 Å². The average molecular weight is 356 g/mol. The van der Waals surface area contributed by atoms with Gasteiger partial charge in [0.1, 0.15) is 0 Å². The molecule has 5 nitrogen and oxygen atoms in total. The zero-order chi connectivity index (χ0) is 17.0. The summed E-state index contributed by atoms with van der Waals surface area (Å²) in [6, 6.07) is 8.09. The molecule has 0 aliphatic carbocycles. The number of phenolic OH excluding ortho intramolecular Hbond substituents is 1. The van der Waals surface area contributed by atoms with E-state index >= 15 is 0 Å². The molecule has 0 radical (unpaired) electrons. The third kappa shape index (κ3) is 4.21. The quantitative estimate of drug-likeness (QED) is 0.798.